The molecule has 0 spiro atoms. The first kappa shape index (κ1) is 11.1. The Balaban J connectivity index is 2.14. The van der Waals surface area contributed by atoms with Crippen molar-refractivity contribution in [2.45, 2.75) is 12.5 Å². The molecule has 1 fully saturated rings. The minimum Gasteiger partial charge on any atom is -0.447 e. The van der Waals surface area contributed by atoms with Crippen molar-refractivity contribution in [3.8, 4) is 0 Å². The van der Waals surface area contributed by atoms with Gasteiger partial charge in [-0.15, -0.1) is 0 Å². The van der Waals surface area contributed by atoms with Crippen LogP contribution in [0.5, 0.6) is 0 Å². The Kier molecular flexibility index (Phi) is 3.51. The van der Waals surface area contributed by atoms with Gasteiger partial charge in [-0.05, 0) is 17.4 Å². The van der Waals surface area contributed by atoms with Gasteiger partial charge >= 0.3 is 6.09 Å². The van der Waals surface area contributed by atoms with Gasteiger partial charge in [0.05, 0.1) is 6.04 Å². The first-order chi connectivity index (χ1) is 7.83. The molecule has 0 aliphatic carbocycles. The number of thiocarbonyl (C=S) groups is 1. The molecule has 16 heavy (non-hydrogen) atoms. The van der Waals surface area contributed by atoms with Gasteiger partial charge in [0.25, 0.3) is 0 Å². The summed E-state index contributed by atoms with van der Waals surface area (Å²) in [5.41, 5.74) is 1.11. The van der Waals surface area contributed by atoms with E-state index in [1.807, 2.05) is 30.3 Å². The summed E-state index contributed by atoms with van der Waals surface area (Å²) in [5, 5.41) is 1.65. The number of carbonyl (C=O) groups excluding carboxylic acids is 1. The van der Waals surface area contributed by atoms with Crippen LogP contribution in [0.15, 0.2) is 30.3 Å². The summed E-state index contributed by atoms with van der Waals surface area (Å²) in [5.74, 6) is 0. The van der Waals surface area contributed by atoms with Crippen LogP contribution in [0.2, 0.25) is 0 Å². The molecule has 0 saturated carbocycles. The number of amides is 1. The van der Waals surface area contributed by atoms with Crippen molar-refractivity contribution >= 4 is 23.7 Å². The molecule has 2 rings (SSSR count). The zero-order chi connectivity index (χ0) is 11.4. The number of cyclic esters (lactones) is 1. The SMILES string of the molecule is O=C1OC[C@H](c2ccccc2)N1CCC=S. The van der Waals surface area contributed by atoms with E-state index in [9.17, 15) is 4.79 Å². The highest BCUT2D eigenvalue weighted by Crippen LogP contribution is 2.27. The molecule has 0 N–H and O–H groups in total. The fraction of sp³-hybridized carbons (Fsp3) is 0.333. The molecule has 0 bridgehead atoms. The van der Waals surface area contributed by atoms with Crippen LogP contribution in [0.3, 0.4) is 0 Å². The van der Waals surface area contributed by atoms with E-state index < -0.39 is 0 Å². The zero-order valence-corrected chi connectivity index (χ0v) is 9.65. The summed E-state index contributed by atoms with van der Waals surface area (Å²) in [4.78, 5) is 13.3. The Morgan fingerprint density at radius 3 is 2.88 bits per heavy atom. The minimum absolute atomic E-state index is 0.0312. The lowest BCUT2D eigenvalue weighted by molar-refractivity contribution is 0.158. The highest BCUT2D eigenvalue weighted by Gasteiger charge is 2.33. The van der Waals surface area contributed by atoms with Crippen LogP contribution in [0.4, 0.5) is 4.79 Å². The molecule has 3 nitrogen and oxygen atoms in total. The topological polar surface area (TPSA) is 29.5 Å². The van der Waals surface area contributed by atoms with E-state index in [0.29, 0.717) is 19.6 Å². The largest absolute Gasteiger partial charge is 0.447 e. The first-order valence-corrected chi connectivity index (χ1v) is 5.72. The van der Waals surface area contributed by atoms with Gasteiger partial charge in [0, 0.05) is 6.54 Å². The van der Waals surface area contributed by atoms with Gasteiger partial charge in [0.2, 0.25) is 0 Å². The standard InChI is InChI=1S/C12H13NO2S/c14-12-13(7-4-8-16)11(9-15-12)10-5-2-1-3-6-10/h1-3,5-6,8,11H,4,7,9H2/t11-/m1/s1. The molecule has 1 aromatic carbocycles. The molecule has 1 aromatic rings. The summed E-state index contributed by atoms with van der Waals surface area (Å²) in [6.07, 6.45) is 0.471. The van der Waals surface area contributed by atoms with Crippen LogP contribution in [0.1, 0.15) is 18.0 Å². The quantitative estimate of drug-likeness (QED) is 0.751. The highest BCUT2D eigenvalue weighted by atomic mass is 32.1. The van der Waals surface area contributed by atoms with E-state index >= 15 is 0 Å². The summed E-state index contributed by atoms with van der Waals surface area (Å²) in [6, 6.07) is 9.95. The molecule has 1 aliphatic heterocycles. The van der Waals surface area contributed by atoms with E-state index in [0.717, 1.165) is 5.56 Å². The third-order valence-electron chi connectivity index (χ3n) is 2.65. The van der Waals surface area contributed by atoms with Gasteiger partial charge in [0.1, 0.15) is 6.61 Å². The number of carbonyl (C=O) groups is 1. The maximum absolute atomic E-state index is 11.5. The smallest absolute Gasteiger partial charge is 0.410 e. The first-order valence-electron chi connectivity index (χ1n) is 5.25. The molecular formula is C12H13NO2S. The monoisotopic (exact) mass is 235 g/mol. The fourth-order valence-corrected chi connectivity index (χ4v) is 1.95. The van der Waals surface area contributed by atoms with Gasteiger partial charge in [-0.2, -0.15) is 0 Å². The molecule has 1 saturated heterocycles. The van der Waals surface area contributed by atoms with Crippen molar-refractivity contribution in [3.05, 3.63) is 35.9 Å². The number of rotatable bonds is 4. The zero-order valence-electron chi connectivity index (χ0n) is 8.83. The molecule has 1 amide bonds. The summed E-state index contributed by atoms with van der Waals surface area (Å²) < 4.78 is 5.07. The Morgan fingerprint density at radius 1 is 1.44 bits per heavy atom. The fourth-order valence-electron chi connectivity index (χ4n) is 1.84. The predicted octanol–water partition coefficient (Wildman–Crippen LogP) is 2.57. The number of nitrogens with zero attached hydrogens (tertiary/aromatic N) is 1. The summed E-state index contributed by atoms with van der Waals surface area (Å²) >= 11 is 4.78. The molecule has 0 radical (unpaired) electrons. The Labute approximate surface area is 100 Å². The molecule has 1 atom stereocenters. The second kappa shape index (κ2) is 5.07. The Hall–Kier alpha value is -1.42. The third kappa shape index (κ3) is 2.22. The van der Waals surface area contributed by atoms with Gasteiger partial charge in [0.15, 0.2) is 0 Å². The van der Waals surface area contributed by atoms with E-state index in [1.54, 1.807) is 10.3 Å². The molecule has 1 heterocycles. The molecular weight excluding hydrogens is 222 g/mol. The number of benzene rings is 1. The highest BCUT2D eigenvalue weighted by molar-refractivity contribution is 7.78. The second-order valence-electron chi connectivity index (χ2n) is 3.65. The lowest BCUT2D eigenvalue weighted by atomic mass is 10.1. The molecule has 84 valence electrons. The Morgan fingerprint density at radius 2 is 2.19 bits per heavy atom. The van der Waals surface area contributed by atoms with Crippen molar-refractivity contribution in [1.29, 1.82) is 0 Å². The van der Waals surface area contributed by atoms with Crippen molar-refractivity contribution in [2.75, 3.05) is 13.2 Å². The lowest BCUT2D eigenvalue weighted by Gasteiger charge is -2.20. The maximum atomic E-state index is 11.5. The van der Waals surface area contributed by atoms with Crippen molar-refractivity contribution in [1.82, 2.24) is 4.90 Å². The summed E-state index contributed by atoms with van der Waals surface area (Å²) in [7, 11) is 0. The number of ether oxygens (including phenoxy) is 1. The van der Waals surface area contributed by atoms with Crippen LogP contribution in [-0.2, 0) is 4.74 Å². The maximum Gasteiger partial charge on any atom is 0.410 e. The van der Waals surface area contributed by atoms with Gasteiger partial charge < -0.3 is 4.74 Å². The van der Waals surface area contributed by atoms with E-state index in [2.05, 4.69) is 0 Å². The number of hydrogen-bond acceptors (Lipinski definition) is 3. The van der Waals surface area contributed by atoms with Gasteiger partial charge in [-0.3, -0.25) is 4.90 Å². The average Bonchev–Trinajstić information content (AvgIpc) is 2.69. The van der Waals surface area contributed by atoms with Crippen LogP contribution < -0.4 is 0 Å². The molecule has 0 unspecified atom stereocenters. The number of hydrogen-bond donors (Lipinski definition) is 0. The van der Waals surface area contributed by atoms with Crippen molar-refractivity contribution < 1.29 is 9.53 Å². The Bertz CT molecular complexity index is 380. The van der Waals surface area contributed by atoms with Crippen molar-refractivity contribution in [2.24, 2.45) is 0 Å². The van der Waals surface area contributed by atoms with Crippen LogP contribution >= 0.6 is 12.2 Å². The van der Waals surface area contributed by atoms with Crippen LogP contribution in [-0.4, -0.2) is 29.5 Å². The summed E-state index contributed by atoms with van der Waals surface area (Å²) in [6.45, 7) is 1.06. The second-order valence-corrected chi connectivity index (χ2v) is 3.99. The minimum atomic E-state index is -0.245. The van der Waals surface area contributed by atoms with E-state index in [4.69, 9.17) is 17.0 Å². The van der Waals surface area contributed by atoms with E-state index in [-0.39, 0.29) is 12.1 Å². The van der Waals surface area contributed by atoms with E-state index in [1.165, 1.54) is 0 Å². The third-order valence-corrected chi connectivity index (χ3v) is 2.88. The lowest BCUT2D eigenvalue weighted by Crippen LogP contribution is -2.28. The molecule has 4 heteroatoms. The predicted molar refractivity (Wildman–Crippen MR) is 65.5 cm³/mol. The van der Waals surface area contributed by atoms with Gasteiger partial charge in [-0.25, -0.2) is 4.79 Å². The normalized spacial score (nSPS) is 19.6. The van der Waals surface area contributed by atoms with Gasteiger partial charge in [-0.1, -0.05) is 42.5 Å². The van der Waals surface area contributed by atoms with Crippen LogP contribution in [0.25, 0.3) is 0 Å². The average molecular weight is 235 g/mol. The molecule has 1 aliphatic rings. The van der Waals surface area contributed by atoms with Crippen LogP contribution in [0, 0.1) is 0 Å². The van der Waals surface area contributed by atoms with Crippen molar-refractivity contribution in [3.63, 3.8) is 0 Å². The molecule has 0 aromatic heterocycles.